The lowest BCUT2D eigenvalue weighted by atomic mass is 10.2. The Morgan fingerprint density at radius 1 is 1.29 bits per heavy atom. The van der Waals surface area contributed by atoms with Gasteiger partial charge in [-0.05, 0) is 42.8 Å². The average molecular weight is 389 g/mol. The molecule has 2 heterocycles. The maximum Gasteiger partial charge on any atom is 0.350 e. The largest absolute Gasteiger partial charge is 0.350 e. The minimum atomic E-state index is -0.236. The van der Waals surface area contributed by atoms with Crippen LogP contribution in [0.5, 0.6) is 0 Å². The lowest BCUT2D eigenvalue weighted by Crippen LogP contribution is -2.29. The fourth-order valence-corrected chi connectivity index (χ4v) is 2.71. The van der Waals surface area contributed by atoms with E-state index in [2.05, 4.69) is 21.0 Å². The van der Waals surface area contributed by atoms with Crippen LogP contribution in [0.25, 0.3) is 5.65 Å². The van der Waals surface area contributed by atoms with E-state index in [0.29, 0.717) is 5.65 Å². The molecule has 0 bridgehead atoms. The van der Waals surface area contributed by atoms with Crippen LogP contribution in [-0.4, -0.2) is 27.1 Å². The van der Waals surface area contributed by atoms with Crippen LogP contribution >= 0.6 is 15.9 Å². The third-order valence-corrected chi connectivity index (χ3v) is 4.82. The molecule has 1 aromatic carbocycles. The third-order valence-electron chi connectivity index (χ3n) is 3.93. The van der Waals surface area contributed by atoms with Gasteiger partial charge in [0.05, 0.1) is 6.54 Å². The number of carbonyl (C=O) groups excluding carboxylic acids is 1. The fourth-order valence-electron chi connectivity index (χ4n) is 2.46. The second-order valence-electron chi connectivity index (χ2n) is 5.57. The first-order valence-electron chi connectivity index (χ1n) is 7.54. The molecular weight excluding hydrogens is 372 g/mol. The summed E-state index contributed by atoms with van der Waals surface area (Å²) in [6.45, 7) is 2.22. The van der Waals surface area contributed by atoms with Gasteiger partial charge >= 0.3 is 5.69 Å². The van der Waals surface area contributed by atoms with Crippen LogP contribution in [0.4, 0.5) is 5.69 Å². The van der Waals surface area contributed by atoms with Gasteiger partial charge in [-0.2, -0.15) is 0 Å². The van der Waals surface area contributed by atoms with Gasteiger partial charge in [-0.3, -0.25) is 9.20 Å². The maximum atomic E-state index is 12.4. The summed E-state index contributed by atoms with van der Waals surface area (Å²) in [5, 5.41) is 4.23. The van der Waals surface area contributed by atoms with Crippen molar-refractivity contribution in [2.75, 3.05) is 11.9 Å². The minimum Gasteiger partial charge on any atom is -0.315 e. The predicted octanol–water partition coefficient (Wildman–Crippen LogP) is 2.62. The lowest BCUT2D eigenvalue weighted by Gasteiger charge is -2.18. The van der Waals surface area contributed by atoms with Crippen molar-refractivity contribution in [2.24, 2.45) is 0 Å². The lowest BCUT2D eigenvalue weighted by molar-refractivity contribution is -0.118. The number of halogens is 1. The first-order chi connectivity index (χ1) is 11.5. The highest BCUT2D eigenvalue weighted by Crippen LogP contribution is 2.22. The summed E-state index contributed by atoms with van der Waals surface area (Å²) < 4.78 is 3.79. The van der Waals surface area contributed by atoms with Crippen molar-refractivity contribution < 1.29 is 4.79 Å². The summed E-state index contributed by atoms with van der Waals surface area (Å²) in [6.07, 6.45) is 1.87. The zero-order valence-corrected chi connectivity index (χ0v) is 15.0. The van der Waals surface area contributed by atoms with Gasteiger partial charge < -0.3 is 4.90 Å². The van der Waals surface area contributed by atoms with E-state index in [-0.39, 0.29) is 24.6 Å². The molecule has 124 valence electrons. The number of carbonyl (C=O) groups is 1. The Morgan fingerprint density at radius 2 is 2.08 bits per heavy atom. The molecule has 6 nitrogen and oxygen atoms in total. The van der Waals surface area contributed by atoms with Crippen LogP contribution in [-0.2, 0) is 11.3 Å². The second kappa shape index (κ2) is 6.60. The molecule has 0 spiro atoms. The Labute approximate surface area is 147 Å². The van der Waals surface area contributed by atoms with Crippen molar-refractivity contribution in [3.63, 3.8) is 0 Å². The van der Waals surface area contributed by atoms with Gasteiger partial charge in [0, 0.05) is 29.8 Å². The minimum absolute atomic E-state index is 0.0688. The summed E-state index contributed by atoms with van der Waals surface area (Å²) in [5.74, 6) is -0.0688. The number of benzene rings is 1. The predicted molar refractivity (Wildman–Crippen MR) is 96.4 cm³/mol. The van der Waals surface area contributed by atoms with E-state index in [0.717, 1.165) is 15.7 Å². The van der Waals surface area contributed by atoms with E-state index in [4.69, 9.17) is 0 Å². The molecule has 2 aromatic heterocycles. The number of fused-ring (bicyclic) bond motifs is 1. The second-order valence-corrected chi connectivity index (χ2v) is 6.43. The van der Waals surface area contributed by atoms with E-state index >= 15 is 0 Å². The van der Waals surface area contributed by atoms with Crippen LogP contribution in [0.1, 0.15) is 12.0 Å². The van der Waals surface area contributed by atoms with E-state index in [9.17, 15) is 9.59 Å². The molecule has 0 saturated carbocycles. The van der Waals surface area contributed by atoms with Crippen molar-refractivity contribution in [3.8, 4) is 0 Å². The first kappa shape index (κ1) is 16.4. The topological polar surface area (TPSA) is 59.6 Å². The molecule has 0 saturated heterocycles. The van der Waals surface area contributed by atoms with Gasteiger partial charge in [-0.25, -0.2) is 9.48 Å². The van der Waals surface area contributed by atoms with Crippen LogP contribution in [0, 0.1) is 6.92 Å². The summed E-state index contributed by atoms with van der Waals surface area (Å²) in [6, 6.07) is 11.1. The third kappa shape index (κ3) is 3.12. The van der Waals surface area contributed by atoms with Gasteiger partial charge in [0.1, 0.15) is 0 Å². The van der Waals surface area contributed by atoms with Crippen LogP contribution < -0.4 is 10.6 Å². The van der Waals surface area contributed by atoms with Crippen molar-refractivity contribution in [1.29, 1.82) is 0 Å². The van der Waals surface area contributed by atoms with Crippen LogP contribution in [0.2, 0.25) is 0 Å². The fraction of sp³-hybridized carbons (Fsp3) is 0.235. The molecule has 0 N–H and O–H groups in total. The Kier molecular flexibility index (Phi) is 4.53. The van der Waals surface area contributed by atoms with E-state index in [1.54, 1.807) is 30.3 Å². The number of amides is 1. The van der Waals surface area contributed by atoms with Gasteiger partial charge in [0.2, 0.25) is 5.91 Å². The average Bonchev–Trinajstić information content (AvgIpc) is 2.91. The van der Waals surface area contributed by atoms with Gasteiger partial charge in [0.15, 0.2) is 5.65 Å². The highest BCUT2D eigenvalue weighted by Gasteiger charge is 2.13. The van der Waals surface area contributed by atoms with Crippen LogP contribution in [0.15, 0.2) is 51.9 Å². The molecule has 3 rings (SSSR count). The molecule has 7 heteroatoms. The SMILES string of the molecule is Cc1cc(N(C)C(=O)CCn2nc3ccccn3c2=O)ccc1Br. The number of hydrogen-bond acceptors (Lipinski definition) is 3. The Morgan fingerprint density at radius 3 is 2.79 bits per heavy atom. The molecule has 0 atom stereocenters. The van der Waals surface area contributed by atoms with E-state index in [1.165, 1.54) is 9.08 Å². The summed E-state index contributed by atoms with van der Waals surface area (Å²) >= 11 is 3.45. The van der Waals surface area contributed by atoms with Gasteiger partial charge in [0.25, 0.3) is 0 Å². The number of nitrogens with zero attached hydrogens (tertiary/aromatic N) is 4. The molecule has 0 radical (unpaired) electrons. The highest BCUT2D eigenvalue weighted by atomic mass is 79.9. The normalized spacial score (nSPS) is 11.0. The highest BCUT2D eigenvalue weighted by molar-refractivity contribution is 9.10. The number of aromatic nitrogens is 3. The molecule has 1 amide bonds. The zero-order chi connectivity index (χ0) is 17.3. The molecule has 0 aliphatic rings. The van der Waals surface area contributed by atoms with Crippen molar-refractivity contribution in [2.45, 2.75) is 19.9 Å². The Bertz CT molecular complexity index is 961. The number of pyridine rings is 1. The maximum absolute atomic E-state index is 12.4. The number of rotatable bonds is 4. The quantitative estimate of drug-likeness (QED) is 0.689. The van der Waals surface area contributed by atoms with Crippen molar-refractivity contribution in [1.82, 2.24) is 14.2 Å². The molecule has 24 heavy (non-hydrogen) atoms. The standard InChI is InChI=1S/C17H17BrN4O2/c1-12-11-13(6-7-14(12)18)20(2)16(23)8-10-22-17(24)21-9-4-3-5-15(21)19-22/h3-7,9,11H,8,10H2,1-2H3. The number of aryl methyl sites for hydroxylation is 2. The Hall–Kier alpha value is -2.41. The van der Waals surface area contributed by atoms with Gasteiger partial charge in [-0.1, -0.05) is 22.0 Å². The van der Waals surface area contributed by atoms with Crippen molar-refractivity contribution in [3.05, 3.63) is 63.1 Å². The summed E-state index contributed by atoms with van der Waals surface area (Å²) in [7, 11) is 1.73. The van der Waals surface area contributed by atoms with E-state index < -0.39 is 0 Å². The smallest absolute Gasteiger partial charge is 0.315 e. The monoisotopic (exact) mass is 388 g/mol. The first-order valence-corrected chi connectivity index (χ1v) is 8.33. The zero-order valence-electron chi connectivity index (χ0n) is 13.4. The molecule has 0 unspecified atom stereocenters. The van der Waals surface area contributed by atoms with Crippen molar-refractivity contribution >= 4 is 33.2 Å². The summed E-state index contributed by atoms with van der Waals surface area (Å²) in [5.41, 5.74) is 2.22. The number of anilines is 1. The molecular formula is C17H17BrN4O2. The van der Waals surface area contributed by atoms with Crippen LogP contribution in [0.3, 0.4) is 0 Å². The Balaban J connectivity index is 1.73. The molecule has 0 aliphatic carbocycles. The molecule has 0 aliphatic heterocycles. The summed E-state index contributed by atoms with van der Waals surface area (Å²) in [4.78, 5) is 26.2. The molecule has 3 aromatic rings. The van der Waals surface area contributed by atoms with E-state index in [1.807, 2.05) is 31.2 Å². The van der Waals surface area contributed by atoms with Gasteiger partial charge in [-0.15, -0.1) is 5.10 Å². The molecule has 0 fully saturated rings. The number of hydrogen-bond donors (Lipinski definition) is 0.